The van der Waals surface area contributed by atoms with E-state index in [1.54, 1.807) is 12.4 Å². The Hall–Kier alpha value is -3.43. The van der Waals surface area contributed by atoms with Crippen molar-refractivity contribution in [1.82, 2.24) is 35.1 Å². The molecule has 1 fully saturated rings. The lowest BCUT2D eigenvalue weighted by molar-refractivity contribution is 0.233. The number of aromatic amines is 1. The molecule has 0 unspecified atom stereocenters. The summed E-state index contributed by atoms with van der Waals surface area (Å²) in [5.74, 6) is 0.374. The molecule has 3 N–H and O–H groups in total. The minimum atomic E-state index is -0.508. The van der Waals surface area contributed by atoms with E-state index < -0.39 is 5.82 Å². The third kappa shape index (κ3) is 3.85. The molecule has 0 amide bonds. The number of piperazine rings is 1. The third-order valence-electron chi connectivity index (χ3n) is 5.11. The molecule has 1 aliphatic heterocycles. The largest absolute Gasteiger partial charge is 0.359 e. The van der Waals surface area contributed by atoms with Gasteiger partial charge in [0.15, 0.2) is 5.82 Å². The van der Waals surface area contributed by atoms with Crippen molar-refractivity contribution < 1.29 is 4.39 Å². The summed E-state index contributed by atoms with van der Waals surface area (Å²) >= 11 is 0. The van der Waals surface area contributed by atoms with Crippen LogP contribution < -0.4 is 10.6 Å². The first-order valence-corrected chi connectivity index (χ1v) is 9.86. The van der Waals surface area contributed by atoms with Crippen molar-refractivity contribution in [2.45, 2.75) is 6.54 Å². The van der Waals surface area contributed by atoms with Gasteiger partial charge in [-0.3, -0.25) is 9.88 Å². The molecule has 152 valence electrons. The normalized spacial score (nSPS) is 14.8. The Bertz CT molecular complexity index is 1150. The first-order valence-electron chi connectivity index (χ1n) is 9.86. The Morgan fingerprint density at radius 3 is 2.80 bits per heavy atom. The zero-order valence-electron chi connectivity index (χ0n) is 16.3. The predicted octanol–water partition coefficient (Wildman–Crippen LogP) is 2.70. The topological polar surface area (TPSA) is 94.6 Å². The Balaban J connectivity index is 1.34. The number of anilines is 2. The maximum atomic E-state index is 14.5. The summed E-state index contributed by atoms with van der Waals surface area (Å²) in [5.41, 5.74) is 3.41. The van der Waals surface area contributed by atoms with Crippen LogP contribution in [0, 0.1) is 5.82 Å². The number of fused-ring (bicyclic) bond motifs is 1. The number of H-pyrrole nitrogens is 1. The summed E-state index contributed by atoms with van der Waals surface area (Å²) in [5, 5.41) is 6.41. The molecule has 1 aliphatic rings. The van der Waals surface area contributed by atoms with Gasteiger partial charge in [-0.2, -0.15) is 0 Å². The summed E-state index contributed by atoms with van der Waals surface area (Å²) in [7, 11) is 0. The van der Waals surface area contributed by atoms with Crippen molar-refractivity contribution in [3.8, 4) is 11.3 Å². The molecule has 0 aromatic carbocycles. The van der Waals surface area contributed by atoms with Gasteiger partial charge in [0.05, 0.1) is 17.2 Å². The van der Waals surface area contributed by atoms with E-state index in [-0.39, 0.29) is 11.6 Å². The van der Waals surface area contributed by atoms with Crippen molar-refractivity contribution in [2.24, 2.45) is 0 Å². The molecule has 0 radical (unpaired) electrons. The Morgan fingerprint density at radius 1 is 1.07 bits per heavy atom. The fourth-order valence-electron chi connectivity index (χ4n) is 3.59. The van der Waals surface area contributed by atoms with Crippen LogP contribution in [-0.4, -0.2) is 56.0 Å². The first-order chi connectivity index (χ1) is 14.8. The molecular weight excluding hydrogens is 383 g/mol. The fourth-order valence-corrected chi connectivity index (χ4v) is 3.59. The van der Waals surface area contributed by atoms with Gasteiger partial charge >= 0.3 is 0 Å². The lowest BCUT2D eigenvalue weighted by atomic mass is 10.2. The average molecular weight is 404 g/mol. The van der Waals surface area contributed by atoms with Crippen molar-refractivity contribution in [3.05, 3.63) is 60.4 Å². The average Bonchev–Trinajstić information content (AvgIpc) is 3.21. The number of halogens is 1. The highest BCUT2D eigenvalue weighted by Crippen LogP contribution is 2.28. The van der Waals surface area contributed by atoms with Crippen LogP contribution in [-0.2, 0) is 6.54 Å². The Morgan fingerprint density at radius 2 is 1.97 bits per heavy atom. The Labute approximate surface area is 172 Å². The number of aromatic nitrogens is 5. The maximum Gasteiger partial charge on any atom is 0.229 e. The second kappa shape index (κ2) is 8.13. The van der Waals surface area contributed by atoms with Gasteiger partial charge in [-0.25, -0.2) is 19.3 Å². The SMILES string of the molecule is Fc1cnc(Nc2ccc(CN3CCNCC3)cn2)nc1-c1c[nH]c2cccnc12. The van der Waals surface area contributed by atoms with E-state index in [4.69, 9.17) is 0 Å². The lowest BCUT2D eigenvalue weighted by Crippen LogP contribution is -2.42. The van der Waals surface area contributed by atoms with E-state index in [9.17, 15) is 4.39 Å². The molecule has 30 heavy (non-hydrogen) atoms. The number of rotatable bonds is 5. The maximum absolute atomic E-state index is 14.5. The predicted molar refractivity (Wildman–Crippen MR) is 113 cm³/mol. The summed E-state index contributed by atoms with van der Waals surface area (Å²) < 4.78 is 14.5. The van der Waals surface area contributed by atoms with Crippen LogP contribution in [0.2, 0.25) is 0 Å². The molecule has 1 saturated heterocycles. The van der Waals surface area contributed by atoms with E-state index in [1.807, 2.05) is 30.5 Å². The van der Waals surface area contributed by atoms with Crippen LogP contribution in [0.1, 0.15) is 5.56 Å². The van der Waals surface area contributed by atoms with Crippen LogP contribution in [0.15, 0.2) is 49.1 Å². The van der Waals surface area contributed by atoms with E-state index in [1.165, 1.54) is 0 Å². The molecule has 9 heteroatoms. The van der Waals surface area contributed by atoms with E-state index >= 15 is 0 Å². The van der Waals surface area contributed by atoms with Crippen LogP contribution >= 0.6 is 0 Å². The van der Waals surface area contributed by atoms with Gasteiger partial charge in [0.1, 0.15) is 11.5 Å². The number of nitrogens with zero attached hydrogens (tertiary/aromatic N) is 5. The molecule has 8 nitrogen and oxygen atoms in total. The summed E-state index contributed by atoms with van der Waals surface area (Å²) in [6.07, 6.45) is 6.38. The molecule has 0 bridgehead atoms. The van der Waals surface area contributed by atoms with E-state index in [0.29, 0.717) is 16.9 Å². The smallest absolute Gasteiger partial charge is 0.229 e. The molecule has 0 atom stereocenters. The second-order valence-electron chi connectivity index (χ2n) is 7.19. The highest BCUT2D eigenvalue weighted by molar-refractivity contribution is 5.91. The first kappa shape index (κ1) is 18.6. The van der Waals surface area contributed by atoms with Gasteiger partial charge in [0.25, 0.3) is 0 Å². The van der Waals surface area contributed by atoms with Crippen LogP contribution in [0.3, 0.4) is 0 Å². The van der Waals surface area contributed by atoms with Crippen molar-refractivity contribution >= 4 is 22.8 Å². The van der Waals surface area contributed by atoms with Crippen molar-refractivity contribution in [3.63, 3.8) is 0 Å². The van der Waals surface area contributed by atoms with Gasteiger partial charge in [-0.05, 0) is 23.8 Å². The van der Waals surface area contributed by atoms with Crippen LogP contribution in [0.4, 0.5) is 16.2 Å². The number of hydrogen-bond acceptors (Lipinski definition) is 7. The second-order valence-corrected chi connectivity index (χ2v) is 7.19. The number of hydrogen-bond donors (Lipinski definition) is 3. The van der Waals surface area contributed by atoms with E-state index in [0.717, 1.165) is 50.0 Å². The quantitative estimate of drug-likeness (QED) is 0.471. The Kier molecular flexibility index (Phi) is 5.04. The summed E-state index contributed by atoms with van der Waals surface area (Å²) in [6.45, 7) is 4.98. The van der Waals surface area contributed by atoms with Crippen LogP contribution in [0.25, 0.3) is 22.3 Å². The molecule has 0 spiro atoms. The van der Waals surface area contributed by atoms with Crippen molar-refractivity contribution in [1.29, 1.82) is 0 Å². The van der Waals surface area contributed by atoms with Gasteiger partial charge < -0.3 is 15.6 Å². The van der Waals surface area contributed by atoms with Gasteiger partial charge in [0, 0.05) is 56.9 Å². The minimum absolute atomic E-state index is 0.188. The third-order valence-corrected chi connectivity index (χ3v) is 5.11. The van der Waals surface area contributed by atoms with Gasteiger partial charge in [-0.1, -0.05) is 6.07 Å². The molecule has 5 heterocycles. The molecule has 5 rings (SSSR count). The van der Waals surface area contributed by atoms with Gasteiger partial charge in [0.2, 0.25) is 5.95 Å². The van der Waals surface area contributed by atoms with Crippen LogP contribution in [0.5, 0.6) is 0 Å². The molecule has 0 saturated carbocycles. The minimum Gasteiger partial charge on any atom is -0.359 e. The van der Waals surface area contributed by atoms with Gasteiger partial charge in [-0.15, -0.1) is 0 Å². The summed E-state index contributed by atoms with van der Waals surface area (Å²) in [4.78, 5) is 22.7. The number of pyridine rings is 2. The lowest BCUT2D eigenvalue weighted by Gasteiger charge is -2.27. The monoisotopic (exact) mass is 404 g/mol. The zero-order valence-corrected chi connectivity index (χ0v) is 16.3. The standard InChI is InChI=1S/C21H21FN8/c22-16-12-27-21(29-19(16)15-11-25-17-2-1-5-24-20(15)17)28-18-4-3-14(10-26-18)13-30-8-6-23-7-9-30/h1-5,10-12,23,25H,6-9,13H2,(H,26,27,28,29). The highest BCUT2D eigenvalue weighted by atomic mass is 19.1. The summed E-state index contributed by atoms with van der Waals surface area (Å²) in [6, 6.07) is 7.63. The molecule has 4 aromatic heterocycles. The van der Waals surface area contributed by atoms with Crippen molar-refractivity contribution in [2.75, 3.05) is 31.5 Å². The molecule has 0 aliphatic carbocycles. The zero-order chi connectivity index (χ0) is 20.3. The van der Waals surface area contributed by atoms with E-state index in [2.05, 4.69) is 40.5 Å². The fraction of sp³-hybridized carbons (Fsp3) is 0.238. The molecule has 4 aromatic rings. The highest BCUT2D eigenvalue weighted by Gasteiger charge is 2.15. The number of nitrogens with one attached hydrogen (secondary N) is 3. The molecular formula is C21H21FN8.